The molecule has 128 valence electrons. The molecular weight excluding hydrogens is 389 g/mol. The van der Waals surface area contributed by atoms with Crippen molar-refractivity contribution in [2.75, 3.05) is 5.32 Å². The van der Waals surface area contributed by atoms with Gasteiger partial charge in [0.2, 0.25) is 0 Å². The van der Waals surface area contributed by atoms with E-state index >= 15 is 0 Å². The fraction of sp³-hybridized carbons (Fsp3) is 0.0588. The van der Waals surface area contributed by atoms with Crippen LogP contribution in [0.2, 0.25) is 10.0 Å². The highest BCUT2D eigenvalue weighted by molar-refractivity contribution is 7.99. The number of nitrogens with zero attached hydrogens (tertiary/aromatic N) is 1. The highest BCUT2D eigenvalue weighted by atomic mass is 35.5. The Balaban J connectivity index is 2.18. The van der Waals surface area contributed by atoms with Crippen molar-refractivity contribution in [1.82, 2.24) is 0 Å². The Morgan fingerprint density at radius 3 is 2.28 bits per heavy atom. The van der Waals surface area contributed by atoms with Gasteiger partial charge in [-0.15, -0.1) is 0 Å². The second-order valence-electron chi connectivity index (χ2n) is 4.66. The molecule has 1 amide bonds. The first-order valence-corrected chi connectivity index (χ1v) is 8.46. The van der Waals surface area contributed by atoms with Gasteiger partial charge in [0, 0.05) is 26.2 Å². The number of hydrogen-bond acceptors (Lipinski definition) is 3. The fourth-order valence-corrected chi connectivity index (χ4v) is 2.87. The number of amides is 1. The van der Waals surface area contributed by atoms with Crippen LogP contribution in [0.4, 0.5) is 14.5 Å². The molecule has 0 bridgehead atoms. The average molecular weight is 399 g/mol. The van der Waals surface area contributed by atoms with E-state index in [-0.39, 0.29) is 5.57 Å². The number of nitriles is 1. The van der Waals surface area contributed by atoms with E-state index < -0.39 is 11.7 Å². The normalized spacial score (nSPS) is 11.3. The minimum atomic E-state index is -2.52. The number of anilines is 1. The first-order valence-electron chi connectivity index (χ1n) is 6.82. The quantitative estimate of drug-likeness (QED) is 0.390. The molecule has 0 atom stereocenters. The van der Waals surface area contributed by atoms with E-state index in [1.54, 1.807) is 24.3 Å². The molecule has 0 saturated heterocycles. The number of alkyl halides is 2. The molecule has 0 aromatic heterocycles. The van der Waals surface area contributed by atoms with E-state index in [9.17, 15) is 18.8 Å². The van der Waals surface area contributed by atoms with Crippen molar-refractivity contribution < 1.29 is 13.6 Å². The van der Waals surface area contributed by atoms with Crippen molar-refractivity contribution >= 4 is 52.6 Å². The van der Waals surface area contributed by atoms with Crippen LogP contribution in [0, 0.1) is 11.3 Å². The van der Waals surface area contributed by atoms with E-state index in [4.69, 9.17) is 23.2 Å². The minimum Gasteiger partial charge on any atom is -0.321 e. The van der Waals surface area contributed by atoms with Gasteiger partial charge in [-0.25, -0.2) is 0 Å². The Bertz CT molecular complexity index is 828. The van der Waals surface area contributed by atoms with Gasteiger partial charge in [0.25, 0.3) is 11.7 Å². The van der Waals surface area contributed by atoms with Gasteiger partial charge in [-0.3, -0.25) is 4.79 Å². The summed E-state index contributed by atoms with van der Waals surface area (Å²) >= 11 is 12.4. The standard InChI is InChI=1S/C17H10Cl2F2N2OS/c18-14-2-1-3-15(19)13(14)8-10(9-22)16(24)23-11-4-6-12(7-5-11)25-17(20)21/h1-8,17H,(H,23,24). The van der Waals surface area contributed by atoms with Crippen LogP contribution >= 0.6 is 35.0 Å². The molecule has 2 aromatic rings. The zero-order valence-electron chi connectivity index (χ0n) is 12.5. The monoisotopic (exact) mass is 398 g/mol. The van der Waals surface area contributed by atoms with E-state index in [0.29, 0.717) is 38.0 Å². The Hall–Kier alpha value is -2.07. The van der Waals surface area contributed by atoms with Crippen LogP contribution in [0.25, 0.3) is 6.08 Å². The maximum absolute atomic E-state index is 12.3. The van der Waals surface area contributed by atoms with Gasteiger partial charge in [0.1, 0.15) is 11.6 Å². The summed E-state index contributed by atoms with van der Waals surface area (Å²) in [5, 5.41) is 12.3. The van der Waals surface area contributed by atoms with E-state index in [0.717, 1.165) is 0 Å². The average Bonchev–Trinajstić information content (AvgIpc) is 2.56. The molecule has 0 fully saturated rings. The molecule has 3 nitrogen and oxygen atoms in total. The number of hydrogen-bond donors (Lipinski definition) is 1. The molecule has 0 saturated carbocycles. The van der Waals surface area contributed by atoms with E-state index in [1.807, 2.05) is 0 Å². The van der Waals surface area contributed by atoms with E-state index in [2.05, 4.69) is 5.32 Å². The van der Waals surface area contributed by atoms with E-state index in [1.165, 1.54) is 30.3 Å². The third-order valence-electron chi connectivity index (χ3n) is 2.99. The molecule has 0 aliphatic heterocycles. The summed E-state index contributed by atoms with van der Waals surface area (Å²) in [5.74, 6) is -3.18. The molecule has 8 heteroatoms. The SMILES string of the molecule is N#CC(=Cc1c(Cl)cccc1Cl)C(=O)Nc1ccc(SC(F)F)cc1. The highest BCUT2D eigenvalue weighted by Gasteiger charge is 2.12. The number of benzene rings is 2. The number of carbonyl (C=O) groups is 1. The van der Waals surface area contributed by atoms with Crippen LogP contribution in [0.15, 0.2) is 52.9 Å². The first kappa shape index (κ1) is 19.3. The van der Waals surface area contributed by atoms with Crippen LogP contribution in [0.5, 0.6) is 0 Å². The van der Waals surface area contributed by atoms with Gasteiger partial charge < -0.3 is 5.32 Å². The second kappa shape index (κ2) is 8.86. The lowest BCUT2D eigenvalue weighted by Crippen LogP contribution is -2.13. The number of nitrogens with one attached hydrogen (secondary N) is 1. The smallest absolute Gasteiger partial charge is 0.288 e. The first-order chi connectivity index (χ1) is 11.9. The van der Waals surface area contributed by atoms with Crippen molar-refractivity contribution in [1.29, 1.82) is 5.26 Å². The summed E-state index contributed by atoms with van der Waals surface area (Å²) in [6.07, 6.45) is 1.29. The molecule has 0 radical (unpaired) electrons. The van der Waals surface area contributed by atoms with Gasteiger partial charge in [-0.1, -0.05) is 41.0 Å². The number of thioether (sulfide) groups is 1. The molecule has 2 aromatic carbocycles. The number of rotatable bonds is 5. The largest absolute Gasteiger partial charge is 0.321 e. The third kappa shape index (κ3) is 5.46. The van der Waals surface area contributed by atoms with Crippen molar-refractivity contribution in [2.24, 2.45) is 0 Å². The molecule has 0 aliphatic carbocycles. The lowest BCUT2D eigenvalue weighted by atomic mass is 10.1. The fourth-order valence-electron chi connectivity index (χ4n) is 1.86. The predicted octanol–water partition coefficient (Wildman–Crippen LogP) is 5.85. The molecule has 2 rings (SSSR count). The minimum absolute atomic E-state index is 0.193. The maximum Gasteiger partial charge on any atom is 0.288 e. The second-order valence-corrected chi connectivity index (χ2v) is 6.54. The van der Waals surface area contributed by atoms with Gasteiger partial charge in [-0.05, 0) is 42.5 Å². The van der Waals surface area contributed by atoms with Gasteiger partial charge in [0.15, 0.2) is 0 Å². The molecule has 25 heavy (non-hydrogen) atoms. The van der Waals surface area contributed by atoms with Crippen LogP contribution in [-0.2, 0) is 4.79 Å². The Morgan fingerprint density at radius 1 is 1.16 bits per heavy atom. The number of halogens is 4. The lowest BCUT2D eigenvalue weighted by molar-refractivity contribution is -0.112. The molecule has 0 unspecified atom stereocenters. The molecule has 0 heterocycles. The molecular formula is C17H10Cl2F2N2OS. The summed E-state index contributed by atoms with van der Waals surface area (Å²) in [4.78, 5) is 12.6. The highest BCUT2D eigenvalue weighted by Crippen LogP contribution is 2.28. The molecule has 0 aliphatic rings. The van der Waals surface area contributed by atoms with Crippen molar-refractivity contribution in [2.45, 2.75) is 10.7 Å². The Kier molecular flexibility index (Phi) is 6.82. The van der Waals surface area contributed by atoms with Crippen molar-refractivity contribution in [3.8, 4) is 6.07 Å². The van der Waals surface area contributed by atoms with Gasteiger partial charge >= 0.3 is 0 Å². The summed E-state index contributed by atoms with van der Waals surface area (Å²) < 4.78 is 24.6. The van der Waals surface area contributed by atoms with Crippen LogP contribution in [0.1, 0.15) is 5.56 Å². The summed E-state index contributed by atoms with van der Waals surface area (Å²) in [7, 11) is 0. The third-order valence-corrected chi connectivity index (χ3v) is 4.37. The van der Waals surface area contributed by atoms with Gasteiger partial charge in [-0.2, -0.15) is 14.0 Å². The van der Waals surface area contributed by atoms with Gasteiger partial charge in [0.05, 0.1) is 0 Å². The van der Waals surface area contributed by atoms with Crippen molar-refractivity contribution in [3.63, 3.8) is 0 Å². The van der Waals surface area contributed by atoms with Crippen LogP contribution in [0.3, 0.4) is 0 Å². The molecule has 1 N–H and O–H groups in total. The summed E-state index contributed by atoms with van der Waals surface area (Å²) in [6, 6.07) is 12.5. The summed E-state index contributed by atoms with van der Waals surface area (Å²) in [5.41, 5.74) is 0.539. The van der Waals surface area contributed by atoms with Crippen molar-refractivity contribution in [3.05, 3.63) is 63.6 Å². The molecule has 0 spiro atoms. The lowest BCUT2D eigenvalue weighted by Gasteiger charge is -2.07. The predicted molar refractivity (Wildman–Crippen MR) is 97.0 cm³/mol. The topological polar surface area (TPSA) is 52.9 Å². The Labute approximate surface area is 157 Å². The zero-order chi connectivity index (χ0) is 18.4. The Morgan fingerprint density at radius 2 is 1.76 bits per heavy atom. The maximum atomic E-state index is 12.3. The zero-order valence-corrected chi connectivity index (χ0v) is 14.8. The van der Waals surface area contributed by atoms with Crippen LogP contribution in [-0.4, -0.2) is 11.7 Å². The summed E-state index contributed by atoms with van der Waals surface area (Å²) in [6.45, 7) is 0. The van der Waals surface area contributed by atoms with Crippen LogP contribution < -0.4 is 5.32 Å². The number of carbonyl (C=O) groups excluding carboxylic acids is 1.